The highest BCUT2D eigenvalue weighted by molar-refractivity contribution is 5.91. The zero-order valence-electron chi connectivity index (χ0n) is 13.3. The van der Waals surface area contributed by atoms with E-state index >= 15 is 0 Å². The molecule has 0 spiro atoms. The van der Waals surface area contributed by atoms with Crippen molar-refractivity contribution in [2.24, 2.45) is 0 Å². The summed E-state index contributed by atoms with van der Waals surface area (Å²) in [6.45, 7) is 5.80. The largest absolute Gasteiger partial charge is 0.456 e. The molecular formula is C18H23NO3. The van der Waals surface area contributed by atoms with Crippen LogP contribution in [0, 0.1) is 6.92 Å². The normalized spacial score (nSPS) is 13.6. The van der Waals surface area contributed by atoms with E-state index in [0.717, 1.165) is 23.3 Å². The zero-order chi connectivity index (χ0) is 16.1. The average molecular weight is 301 g/mol. The van der Waals surface area contributed by atoms with E-state index in [1.54, 1.807) is 6.07 Å². The van der Waals surface area contributed by atoms with Crippen molar-refractivity contribution in [3.63, 3.8) is 0 Å². The summed E-state index contributed by atoms with van der Waals surface area (Å²) in [5.74, 6) is 0.924. The molecule has 22 heavy (non-hydrogen) atoms. The molecule has 1 amide bonds. The maximum atomic E-state index is 12.2. The van der Waals surface area contributed by atoms with E-state index < -0.39 is 6.10 Å². The van der Waals surface area contributed by atoms with E-state index in [9.17, 15) is 9.90 Å². The number of carbonyl (C=O) groups is 1. The van der Waals surface area contributed by atoms with Crippen LogP contribution in [0.5, 0.6) is 0 Å². The molecule has 0 radical (unpaired) electrons. The summed E-state index contributed by atoms with van der Waals surface area (Å²) >= 11 is 0. The minimum absolute atomic E-state index is 0.154. The summed E-state index contributed by atoms with van der Waals surface area (Å²) < 4.78 is 5.54. The molecule has 1 heterocycles. The topological polar surface area (TPSA) is 62.5 Å². The maximum Gasteiger partial charge on any atom is 0.287 e. The lowest BCUT2D eigenvalue weighted by molar-refractivity contribution is 0.0887. The van der Waals surface area contributed by atoms with Gasteiger partial charge in [0.2, 0.25) is 0 Å². The first-order valence-electron chi connectivity index (χ1n) is 7.64. The molecule has 4 heteroatoms. The van der Waals surface area contributed by atoms with E-state index in [2.05, 4.69) is 5.32 Å². The number of benzene rings is 1. The third kappa shape index (κ3) is 3.98. The second-order valence-electron chi connectivity index (χ2n) is 5.61. The van der Waals surface area contributed by atoms with Gasteiger partial charge in [-0.1, -0.05) is 37.3 Å². The molecule has 0 saturated heterocycles. The van der Waals surface area contributed by atoms with Gasteiger partial charge in [-0.05, 0) is 37.5 Å². The first kappa shape index (κ1) is 16.3. The Morgan fingerprint density at radius 1 is 1.32 bits per heavy atom. The lowest BCUT2D eigenvalue weighted by atomic mass is 10.0. The third-order valence-electron chi connectivity index (χ3n) is 3.70. The predicted molar refractivity (Wildman–Crippen MR) is 85.8 cm³/mol. The predicted octanol–water partition coefficient (Wildman–Crippen LogP) is 3.39. The number of hydrogen-bond donors (Lipinski definition) is 2. The van der Waals surface area contributed by atoms with Gasteiger partial charge in [0, 0.05) is 12.5 Å². The Morgan fingerprint density at radius 2 is 2.00 bits per heavy atom. The first-order valence-corrected chi connectivity index (χ1v) is 7.64. The SMILES string of the molecule is CCc1oc(C(=O)NC(C)CC(O)c2ccccc2)cc1C. The summed E-state index contributed by atoms with van der Waals surface area (Å²) in [6, 6.07) is 11.0. The molecule has 2 unspecified atom stereocenters. The number of amides is 1. The van der Waals surface area contributed by atoms with Gasteiger partial charge < -0.3 is 14.8 Å². The number of aliphatic hydroxyl groups excluding tert-OH is 1. The number of rotatable bonds is 6. The van der Waals surface area contributed by atoms with Crippen LogP contribution in [-0.2, 0) is 6.42 Å². The molecule has 2 aromatic rings. The fourth-order valence-corrected chi connectivity index (χ4v) is 2.48. The van der Waals surface area contributed by atoms with Crippen LogP contribution in [0.2, 0.25) is 0 Å². The number of aryl methyl sites for hydroxylation is 2. The van der Waals surface area contributed by atoms with E-state index in [0.29, 0.717) is 12.2 Å². The summed E-state index contributed by atoms with van der Waals surface area (Å²) in [7, 11) is 0. The average Bonchev–Trinajstić information content (AvgIpc) is 2.89. The lowest BCUT2D eigenvalue weighted by Gasteiger charge is -2.17. The molecule has 1 aromatic heterocycles. The van der Waals surface area contributed by atoms with Gasteiger partial charge in [0.25, 0.3) is 5.91 Å². The highest BCUT2D eigenvalue weighted by Crippen LogP contribution is 2.19. The van der Waals surface area contributed by atoms with Gasteiger partial charge in [-0.2, -0.15) is 0 Å². The van der Waals surface area contributed by atoms with Crippen LogP contribution in [-0.4, -0.2) is 17.1 Å². The van der Waals surface area contributed by atoms with Crippen LogP contribution in [0.4, 0.5) is 0 Å². The van der Waals surface area contributed by atoms with Gasteiger partial charge in [0.05, 0.1) is 6.10 Å². The van der Waals surface area contributed by atoms with Crippen molar-refractivity contribution in [2.45, 2.75) is 45.8 Å². The van der Waals surface area contributed by atoms with Crippen molar-refractivity contribution in [1.29, 1.82) is 0 Å². The Balaban J connectivity index is 1.93. The number of hydrogen-bond acceptors (Lipinski definition) is 3. The van der Waals surface area contributed by atoms with Gasteiger partial charge in [0.1, 0.15) is 5.76 Å². The second kappa shape index (κ2) is 7.27. The fourth-order valence-electron chi connectivity index (χ4n) is 2.48. The highest BCUT2D eigenvalue weighted by atomic mass is 16.4. The lowest BCUT2D eigenvalue weighted by Crippen LogP contribution is -2.33. The van der Waals surface area contributed by atoms with Crippen molar-refractivity contribution in [3.8, 4) is 0 Å². The third-order valence-corrected chi connectivity index (χ3v) is 3.70. The maximum absolute atomic E-state index is 12.2. The van der Waals surface area contributed by atoms with Gasteiger partial charge in [0.15, 0.2) is 5.76 Å². The zero-order valence-corrected chi connectivity index (χ0v) is 13.3. The van der Waals surface area contributed by atoms with Crippen LogP contribution in [0.3, 0.4) is 0 Å². The van der Waals surface area contributed by atoms with Crippen molar-refractivity contribution in [2.75, 3.05) is 0 Å². The Labute approximate surface area is 131 Å². The van der Waals surface area contributed by atoms with Crippen molar-refractivity contribution >= 4 is 5.91 Å². The van der Waals surface area contributed by atoms with E-state index in [1.165, 1.54) is 0 Å². The Morgan fingerprint density at radius 3 is 2.59 bits per heavy atom. The summed E-state index contributed by atoms with van der Waals surface area (Å²) in [6.07, 6.45) is 0.623. The molecule has 2 rings (SSSR count). The van der Waals surface area contributed by atoms with E-state index in [1.807, 2.05) is 51.1 Å². The fraction of sp³-hybridized carbons (Fsp3) is 0.389. The Kier molecular flexibility index (Phi) is 5.39. The molecule has 0 fully saturated rings. The van der Waals surface area contributed by atoms with Crippen LogP contribution in [0.15, 0.2) is 40.8 Å². The van der Waals surface area contributed by atoms with Crippen LogP contribution in [0.25, 0.3) is 0 Å². The minimum atomic E-state index is -0.596. The van der Waals surface area contributed by atoms with Gasteiger partial charge in [-0.25, -0.2) is 0 Å². The van der Waals surface area contributed by atoms with E-state index in [-0.39, 0.29) is 11.9 Å². The standard InChI is InChI=1S/C18H23NO3/c1-4-16-12(2)10-17(22-16)18(21)19-13(3)11-15(20)14-8-6-5-7-9-14/h5-10,13,15,20H,4,11H2,1-3H3,(H,19,21). The van der Waals surface area contributed by atoms with Crippen molar-refractivity contribution in [1.82, 2.24) is 5.32 Å². The molecule has 1 aromatic carbocycles. The summed E-state index contributed by atoms with van der Waals surface area (Å²) in [4.78, 5) is 12.2. The smallest absolute Gasteiger partial charge is 0.287 e. The van der Waals surface area contributed by atoms with Gasteiger partial charge in [-0.3, -0.25) is 4.79 Å². The molecule has 0 bridgehead atoms. The number of aliphatic hydroxyl groups is 1. The summed E-state index contributed by atoms with van der Waals surface area (Å²) in [5.41, 5.74) is 1.84. The molecule has 0 aliphatic rings. The molecule has 0 saturated carbocycles. The Bertz CT molecular complexity index is 619. The molecule has 2 atom stereocenters. The molecule has 4 nitrogen and oxygen atoms in total. The highest BCUT2D eigenvalue weighted by Gasteiger charge is 2.18. The first-order chi connectivity index (χ1) is 10.5. The van der Waals surface area contributed by atoms with Crippen LogP contribution >= 0.6 is 0 Å². The quantitative estimate of drug-likeness (QED) is 0.859. The van der Waals surface area contributed by atoms with Gasteiger partial charge in [-0.15, -0.1) is 0 Å². The molecule has 0 aliphatic carbocycles. The number of carbonyl (C=O) groups excluding carboxylic acids is 1. The number of furan rings is 1. The van der Waals surface area contributed by atoms with Crippen molar-refractivity contribution < 1.29 is 14.3 Å². The Hall–Kier alpha value is -2.07. The van der Waals surface area contributed by atoms with Crippen LogP contribution in [0.1, 0.15) is 53.8 Å². The second-order valence-corrected chi connectivity index (χ2v) is 5.61. The molecular weight excluding hydrogens is 278 g/mol. The molecule has 2 N–H and O–H groups in total. The monoisotopic (exact) mass is 301 g/mol. The van der Waals surface area contributed by atoms with Crippen molar-refractivity contribution in [3.05, 3.63) is 59.0 Å². The molecule has 0 aliphatic heterocycles. The van der Waals surface area contributed by atoms with Crippen LogP contribution < -0.4 is 5.32 Å². The number of nitrogens with one attached hydrogen (secondary N) is 1. The molecule has 118 valence electrons. The van der Waals surface area contributed by atoms with E-state index in [4.69, 9.17) is 4.42 Å². The van der Waals surface area contributed by atoms with Gasteiger partial charge >= 0.3 is 0 Å². The summed E-state index contributed by atoms with van der Waals surface area (Å²) in [5, 5.41) is 13.1. The minimum Gasteiger partial charge on any atom is -0.456 e.